The average Bonchev–Trinajstić information content (AvgIpc) is 2.30. The number of carbonyl (C=O) groups is 2. The smallest absolute Gasteiger partial charge is 0.366 e. The third kappa shape index (κ3) is 3.83. The van der Waals surface area contributed by atoms with Crippen LogP contribution in [-0.2, 0) is 9.59 Å². The van der Waals surface area contributed by atoms with E-state index in [-0.39, 0.29) is 10.9 Å². The van der Waals surface area contributed by atoms with Gasteiger partial charge in [0, 0.05) is 13.0 Å². The number of rotatable bonds is 10. The van der Waals surface area contributed by atoms with E-state index in [1.165, 1.54) is 13.8 Å². The zero-order valence-electron chi connectivity index (χ0n) is 13.8. The monoisotopic (exact) mass is 301 g/mol. The van der Waals surface area contributed by atoms with E-state index in [0.717, 1.165) is 0 Å². The fourth-order valence-electron chi connectivity index (χ4n) is 3.00. The van der Waals surface area contributed by atoms with E-state index in [4.69, 9.17) is 0 Å². The number of nitrogens with one attached hydrogen (secondary N) is 1. The van der Waals surface area contributed by atoms with E-state index in [1.54, 1.807) is 27.2 Å². The number of likely N-dealkylation sites (N-methyl/N-ethyl adjacent to an activating group) is 1. The normalized spacial score (nSPS) is 15.3. The van der Waals surface area contributed by atoms with E-state index in [1.807, 2.05) is 0 Å². The number of hydrogen-bond donors (Lipinski definition) is 3. The van der Waals surface area contributed by atoms with Gasteiger partial charge in [0.05, 0.1) is 21.1 Å². The van der Waals surface area contributed by atoms with Gasteiger partial charge in [0.2, 0.25) is 5.54 Å². The first-order chi connectivity index (χ1) is 9.45. The van der Waals surface area contributed by atoms with Gasteiger partial charge in [0.25, 0.3) is 0 Å². The average molecular weight is 301 g/mol. The Bertz CT molecular complexity index is 399. The third-order valence-electron chi connectivity index (χ3n) is 4.25. The molecule has 0 aromatic carbocycles. The standard InChI is InChI=1S/C15H28N2O4/c1-7-10-16-11-8-9-15(13(20)21,17(4,5)6)14(2,3)12(18)19/h7,16H,1,8-11H2,2-6H3,(H-,18,19,20,21)/p+1. The molecule has 0 fully saturated rings. The van der Waals surface area contributed by atoms with Crippen molar-refractivity contribution in [2.24, 2.45) is 5.41 Å². The van der Waals surface area contributed by atoms with E-state index >= 15 is 0 Å². The summed E-state index contributed by atoms with van der Waals surface area (Å²) < 4.78 is 0.0447. The highest BCUT2D eigenvalue weighted by molar-refractivity contribution is 5.88. The molecule has 0 saturated carbocycles. The molecule has 0 aliphatic heterocycles. The third-order valence-corrected chi connectivity index (χ3v) is 4.25. The van der Waals surface area contributed by atoms with Gasteiger partial charge < -0.3 is 20.0 Å². The molecule has 6 nitrogen and oxygen atoms in total. The first kappa shape index (κ1) is 19.6. The molecule has 122 valence electrons. The number of hydrogen-bond acceptors (Lipinski definition) is 3. The van der Waals surface area contributed by atoms with Crippen molar-refractivity contribution in [3.63, 3.8) is 0 Å². The Balaban J connectivity index is 5.50. The van der Waals surface area contributed by atoms with Crippen LogP contribution in [0.3, 0.4) is 0 Å². The van der Waals surface area contributed by atoms with Crippen molar-refractivity contribution in [3.8, 4) is 0 Å². The molecule has 0 amide bonds. The maximum Gasteiger partial charge on any atom is 0.366 e. The lowest BCUT2D eigenvalue weighted by Crippen LogP contribution is -2.71. The lowest BCUT2D eigenvalue weighted by molar-refractivity contribution is -0.921. The van der Waals surface area contributed by atoms with E-state index in [0.29, 0.717) is 19.5 Å². The van der Waals surface area contributed by atoms with Crippen molar-refractivity contribution >= 4 is 11.9 Å². The molecule has 0 heterocycles. The number of carboxylic acids is 2. The Morgan fingerprint density at radius 2 is 1.71 bits per heavy atom. The summed E-state index contributed by atoms with van der Waals surface area (Å²) in [5.74, 6) is -2.18. The van der Waals surface area contributed by atoms with Gasteiger partial charge in [-0.3, -0.25) is 4.79 Å². The molecule has 0 aromatic rings. The summed E-state index contributed by atoms with van der Waals surface area (Å²) in [5.41, 5.74) is -2.80. The second-order valence-corrected chi connectivity index (χ2v) is 6.70. The van der Waals surface area contributed by atoms with Crippen molar-refractivity contribution in [2.45, 2.75) is 32.2 Å². The Labute approximate surface area is 127 Å². The number of carboxylic acid groups (broad SMARTS) is 2. The molecule has 0 rings (SSSR count). The molecule has 0 radical (unpaired) electrons. The van der Waals surface area contributed by atoms with Crippen molar-refractivity contribution in [3.05, 3.63) is 12.7 Å². The predicted molar refractivity (Wildman–Crippen MR) is 82.1 cm³/mol. The van der Waals surface area contributed by atoms with Gasteiger partial charge in [0.15, 0.2) is 0 Å². The minimum Gasteiger partial charge on any atom is -0.481 e. The number of aliphatic carboxylic acids is 2. The highest BCUT2D eigenvalue weighted by Crippen LogP contribution is 2.42. The SMILES string of the molecule is C=CCNCCCC(C(=O)O)(C(C)(C)C(=O)O)[N+](C)(C)C. The highest BCUT2D eigenvalue weighted by atomic mass is 16.4. The Kier molecular flexibility index (Phi) is 6.57. The lowest BCUT2D eigenvalue weighted by Gasteiger charge is -2.49. The first-order valence-corrected chi connectivity index (χ1v) is 7.05. The molecule has 0 spiro atoms. The fraction of sp³-hybridized carbons (Fsp3) is 0.733. The zero-order valence-corrected chi connectivity index (χ0v) is 13.8. The number of nitrogens with zero attached hydrogens (tertiary/aromatic N) is 1. The maximum absolute atomic E-state index is 12.0. The van der Waals surface area contributed by atoms with Gasteiger partial charge in [-0.2, -0.15) is 0 Å². The van der Waals surface area contributed by atoms with Crippen LogP contribution in [0.15, 0.2) is 12.7 Å². The van der Waals surface area contributed by atoms with Crippen molar-refractivity contribution < 1.29 is 24.3 Å². The van der Waals surface area contributed by atoms with Crippen LogP contribution in [0.1, 0.15) is 26.7 Å². The van der Waals surface area contributed by atoms with Crippen LogP contribution in [0.4, 0.5) is 0 Å². The molecule has 0 aromatic heterocycles. The van der Waals surface area contributed by atoms with Crippen LogP contribution in [0.25, 0.3) is 0 Å². The molecule has 21 heavy (non-hydrogen) atoms. The summed E-state index contributed by atoms with van der Waals surface area (Å²) in [4.78, 5) is 23.7. The van der Waals surface area contributed by atoms with Crippen molar-refractivity contribution in [1.82, 2.24) is 5.32 Å². The van der Waals surface area contributed by atoms with Gasteiger partial charge in [0.1, 0.15) is 5.41 Å². The highest BCUT2D eigenvalue weighted by Gasteiger charge is 2.64. The summed E-state index contributed by atoms with van der Waals surface area (Å²) >= 11 is 0. The van der Waals surface area contributed by atoms with Crippen LogP contribution in [0.5, 0.6) is 0 Å². The summed E-state index contributed by atoms with van der Waals surface area (Å²) in [7, 11) is 5.20. The zero-order chi connectivity index (χ0) is 16.9. The van der Waals surface area contributed by atoms with Gasteiger partial charge in [-0.25, -0.2) is 4.79 Å². The van der Waals surface area contributed by atoms with Gasteiger partial charge in [-0.15, -0.1) is 6.58 Å². The van der Waals surface area contributed by atoms with Crippen molar-refractivity contribution in [2.75, 3.05) is 34.2 Å². The van der Waals surface area contributed by atoms with Gasteiger partial charge >= 0.3 is 11.9 Å². The topological polar surface area (TPSA) is 86.6 Å². The number of quaternary nitrogens is 1. The molecule has 0 bridgehead atoms. The fourth-order valence-corrected chi connectivity index (χ4v) is 3.00. The Morgan fingerprint density at radius 1 is 1.19 bits per heavy atom. The quantitative estimate of drug-likeness (QED) is 0.320. The molecule has 6 heteroatoms. The van der Waals surface area contributed by atoms with Crippen LogP contribution in [-0.4, -0.2) is 66.4 Å². The lowest BCUT2D eigenvalue weighted by atomic mass is 9.67. The molecule has 1 atom stereocenters. The second-order valence-electron chi connectivity index (χ2n) is 6.70. The molecule has 0 aliphatic rings. The molecule has 0 saturated heterocycles. The first-order valence-electron chi connectivity index (χ1n) is 7.05. The van der Waals surface area contributed by atoms with Crippen LogP contribution < -0.4 is 5.32 Å². The molecule has 3 N–H and O–H groups in total. The molecule has 0 aliphatic carbocycles. The summed E-state index contributed by atoms with van der Waals surface area (Å²) in [6.07, 6.45) is 2.58. The molecular formula is C15H29N2O4+. The maximum atomic E-state index is 12.0. The molecule has 1 unspecified atom stereocenters. The van der Waals surface area contributed by atoms with Gasteiger partial charge in [-0.1, -0.05) is 6.08 Å². The van der Waals surface area contributed by atoms with Crippen LogP contribution in [0, 0.1) is 5.41 Å². The minimum absolute atomic E-state index is 0.0447. The largest absolute Gasteiger partial charge is 0.481 e. The summed E-state index contributed by atoms with van der Waals surface area (Å²) in [6, 6.07) is 0. The van der Waals surface area contributed by atoms with Gasteiger partial charge in [-0.05, 0) is 26.8 Å². The second kappa shape index (κ2) is 7.04. The summed E-state index contributed by atoms with van der Waals surface area (Å²) in [5, 5.41) is 22.5. The van der Waals surface area contributed by atoms with Crippen LogP contribution in [0.2, 0.25) is 0 Å². The van der Waals surface area contributed by atoms with Crippen molar-refractivity contribution in [1.29, 1.82) is 0 Å². The van der Waals surface area contributed by atoms with E-state index in [9.17, 15) is 19.8 Å². The molecular weight excluding hydrogens is 272 g/mol. The summed E-state index contributed by atoms with van der Waals surface area (Å²) in [6.45, 7) is 7.85. The Hall–Kier alpha value is -1.40. The van der Waals surface area contributed by atoms with E-state index in [2.05, 4.69) is 11.9 Å². The predicted octanol–water partition coefficient (Wildman–Crippen LogP) is 1.18. The Morgan fingerprint density at radius 3 is 2.05 bits per heavy atom. The van der Waals surface area contributed by atoms with E-state index < -0.39 is 22.9 Å². The minimum atomic E-state index is -1.41. The van der Waals surface area contributed by atoms with Crippen LogP contribution >= 0.6 is 0 Å².